The van der Waals surface area contributed by atoms with E-state index in [0.717, 1.165) is 5.69 Å². The van der Waals surface area contributed by atoms with Gasteiger partial charge in [0.05, 0.1) is 11.9 Å². The van der Waals surface area contributed by atoms with Crippen molar-refractivity contribution in [1.29, 1.82) is 0 Å². The molecule has 2 rings (SSSR count). The molecule has 15 heavy (non-hydrogen) atoms. The first-order valence-corrected chi connectivity index (χ1v) is 4.71. The van der Waals surface area contributed by atoms with Gasteiger partial charge in [-0.1, -0.05) is 12.1 Å². The summed E-state index contributed by atoms with van der Waals surface area (Å²) in [6.45, 7) is 0. The molecule has 0 fully saturated rings. The van der Waals surface area contributed by atoms with Crippen LogP contribution in [0.5, 0.6) is 5.75 Å². The van der Waals surface area contributed by atoms with E-state index in [0.29, 0.717) is 5.69 Å². The third-order valence-corrected chi connectivity index (χ3v) is 2.20. The van der Waals surface area contributed by atoms with E-state index in [9.17, 15) is 5.11 Å². The molecule has 0 radical (unpaired) electrons. The standard InChI is InChI=1S/C12H12N2O/c1-14-8-4-5-10(14)9-13-11-6-2-3-7-12(11)15/h2-9,15H,1H3. The minimum Gasteiger partial charge on any atom is -0.506 e. The SMILES string of the molecule is Cn1cccc1C=Nc1ccccc1O. The van der Waals surface area contributed by atoms with Gasteiger partial charge in [-0.25, -0.2) is 0 Å². The van der Waals surface area contributed by atoms with Crippen LogP contribution in [0.3, 0.4) is 0 Å². The summed E-state index contributed by atoms with van der Waals surface area (Å²) >= 11 is 0. The van der Waals surface area contributed by atoms with Gasteiger partial charge >= 0.3 is 0 Å². The first-order chi connectivity index (χ1) is 7.27. The summed E-state index contributed by atoms with van der Waals surface area (Å²) in [4.78, 5) is 4.21. The lowest BCUT2D eigenvalue weighted by Gasteiger charge is -1.98. The quantitative estimate of drug-likeness (QED) is 0.743. The Balaban J connectivity index is 2.26. The molecule has 0 saturated heterocycles. The Hall–Kier alpha value is -2.03. The second kappa shape index (κ2) is 4.00. The van der Waals surface area contributed by atoms with Gasteiger partial charge in [-0.05, 0) is 24.3 Å². The third kappa shape index (κ3) is 2.07. The summed E-state index contributed by atoms with van der Waals surface area (Å²) in [5, 5.41) is 9.49. The van der Waals surface area contributed by atoms with E-state index in [2.05, 4.69) is 4.99 Å². The molecular weight excluding hydrogens is 188 g/mol. The Morgan fingerprint density at radius 3 is 2.67 bits per heavy atom. The number of aromatic nitrogens is 1. The molecule has 0 unspecified atom stereocenters. The van der Waals surface area contributed by atoms with E-state index in [1.165, 1.54) is 0 Å². The number of hydrogen-bond acceptors (Lipinski definition) is 2. The predicted molar refractivity (Wildman–Crippen MR) is 60.8 cm³/mol. The van der Waals surface area contributed by atoms with Gasteiger partial charge in [0.25, 0.3) is 0 Å². The molecule has 0 atom stereocenters. The summed E-state index contributed by atoms with van der Waals surface area (Å²) in [7, 11) is 1.95. The van der Waals surface area contributed by atoms with E-state index in [4.69, 9.17) is 0 Å². The first-order valence-electron chi connectivity index (χ1n) is 4.71. The molecular formula is C12H12N2O. The fourth-order valence-electron chi connectivity index (χ4n) is 1.32. The maximum atomic E-state index is 9.49. The number of aliphatic imine (C=N–C) groups is 1. The van der Waals surface area contributed by atoms with E-state index in [1.807, 2.05) is 36.0 Å². The highest BCUT2D eigenvalue weighted by Crippen LogP contribution is 2.24. The monoisotopic (exact) mass is 200 g/mol. The Kier molecular flexibility index (Phi) is 2.54. The van der Waals surface area contributed by atoms with Crippen LogP contribution in [0.2, 0.25) is 0 Å². The van der Waals surface area contributed by atoms with Crippen molar-refractivity contribution in [2.45, 2.75) is 0 Å². The molecule has 0 aliphatic heterocycles. The van der Waals surface area contributed by atoms with Crippen LogP contribution in [0.15, 0.2) is 47.6 Å². The van der Waals surface area contributed by atoms with Crippen molar-refractivity contribution < 1.29 is 5.11 Å². The van der Waals surface area contributed by atoms with Crippen LogP contribution in [-0.4, -0.2) is 15.9 Å². The van der Waals surface area contributed by atoms with Gasteiger partial charge in [0.2, 0.25) is 0 Å². The van der Waals surface area contributed by atoms with Crippen molar-refractivity contribution >= 4 is 11.9 Å². The lowest BCUT2D eigenvalue weighted by atomic mass is 10.3. The summed E-state index contributed by atoms with van der Waals surface area (Å²) in [5.41, 5.74) is 1.58. The van der Waals surface area contributed by atoms with Crippen LogP contribution in [0.4, 0.5) is 5.69 Å². The number of phenols is 1. The van der Waals surface area contributed by atoms with E-state index in [1.54, 1.807) is 24.4 Å². The van der Waals surface area contributed by atoms with Crippen LogP contribution >= 0.6 is 0 Å². The lowest BCUT2D eigenvalue weighted by Crippen LogP contribution is -1.91. The zero-order valence-electron chi connectivity index (χ0n) is 8.46. The minimum atomic E-state index is 0.197. The molecule has 2 aromatic rings. The smallest absolute Gasteiger partial charge is 0.141 e. The zero-order valence-corrected chi connectivity index (χ0v) is 8.46. The number of rotatable bonds is 2. The molecule has 0 spiro atoms. The van der Waals surface area contributed by atoms with E-state index in [-0.39, 0.29) is 5.75 Å². The van der Waals surface area contributed by atoms with E-state index >= 15 is 0 Å². The molecule has 0 saturated carbocycles. The number of benzene rings is 1. The van der Waals surface area contributed by atoms with Crippen molar-refractivity contribution in [3.05, 3.63) is 48.3 Å². The molecule has 1 aromatic heterocycles. The Labute approximate surface area is 88.3 Å². The van der Waals surface area contributed by atoms with Crippen LogP contribution < -0.4 is 0 Å². The van der Waals surface area contributed by atoms with E-state index < -0.39 is 0 Å². The number of para-hydroxylation sites is 2. The molecule has 0 bridgehead atoms. The maximum Gasteiger partial charge on any atom is 0.141 e. The van der Waals surface area contributed by atoms with Crippen molar-refractivity contribution in [1.82, 2.24) is 4.57 Å². The Bertz CT molecular complexity index is 486. The molecule has 1 aromatic carbocycles. The fourth-order valence-corrected chi connectivity index (χ4v) is 1.32. The normalized spacial score (nSPS) is 11.0. The molecule has 1 N–H and O–H groups in total. The molecule has 3 heteroatoms. The van der Waals surface area contributed by atoms with Crippen molar-refractivity contribution in [2.75, 3.05) is 0 Å². The molecule has 1 heterocycles. The molecule has 0 aliphatic rings. The summed E-state index contributed by atoms with van der Waals surface area (Å²) in [5.74, 6) is 0.197. The average molecular weight is 200 g/mol. The highest BCUT2D eigenvalue weighted by Gasteiger charge is 1.96. The van der Waals surface area contributed by atoms with Gasteiger partial charge in [-0.3, -0.25) is 4.99 Å². The van der Waals surface area contributed by atoms with Gasteiger partial charge in [0.1, 0.15) is 11.4 Å². The first kappa shape index (κ1) is 9.52. The van der Waals surface area contributed by atoms with Gasteiger partial charge in [-0.2, -0.15) is 0 Å². The number of nitrogens with zero attached hydrogens (tertiary/aromatic N) is 2. The fraction of sp³-hybridized carbons (Fsp3) is 0.0833. The Morgan fingerprint density at radius 2 is 2.00 bits per heavy atom. The maximum absolute atomic E-state index is 9.49. The molecule has 0 amide bonds. The second-order valence-electron chi connectivity index (χ2n) is 3.29. The van der Waals surface area contributed by atoms with Crippen LogP contribution in [-0.2, 0) is 7.05 Å². The topological polar surface area (TPSA) is 37.5 Å². The predicted octanol–water partition coefficient (Wildman–Crippen LogP) is 2.48. The van der Waals surface area contributed by atoms with Crippen LogP contribution in [0.1, 0.15) is 5.69 Å². The van der Waals surface area contributed by atoms with Crippen molar-refractivity contribution in [2.24, 2.45) is 12.0 Å². The minimum absolute atomic E-state index is 0.197. The highest BCUT2D eigenvalue weighted by molar-refractivity contribution is 5.80. The number of hydrogen-bond donors (Lipinski definition) is 1. The van der Waals surface area contributed by atoms with Crippen LogP contribution in [0.25, 0.3) is 0 Å². The average Bonchev–Trinajstić information content (AvgIpc) is 2.63. The number of aromatic hydroxyl groups is 1. The number of aryl methyl sites for hydroxylation is 1. The number of phenolic OH excluding ortho intramolecular Hbond substituents is 1. The Morgan fingerprint density at radius 1 is 1.20 bits per heavy atom. The van der Waals surface area contributed by atoms with Gasteiger partial charge in [0.15, 0.2) is 0 Å². The third-order valence-electron chi connectivity index (χ3n) is 2.20. The summed E-state index contributed by atoms with van der Waals surface area (Å²) in [6.07, 6.45) is 3.68. The molecule has 3 nitrogen and oxygen atoms in total. The highest BCUT2D eigenvalue weighted by atomic mass is 16.3. The van der Waals surface area contributed by atoms with Gasteiger partial charge in [0, 0.05) is 13.2 Å². The largest absolute Gasteiger partial charge is 0.506 e. The van der Waals surface area contributed by atoms with Crippen LogP contribution in [0, 0.1) is 0 Å². The molecule has 76 valence electrons. The summed E-state index contributed by atoms with van der Waals surface area (Å²) in [6, 6.07) is 10.9. The zero-order chi connectivity index (χ0) is 10.7. The van der Waals surface area contributed by atoms with Gasteiger partial charge < -0.3 is 9.67 Å². The van der Waals surface area contributed by atoms with Gasteiger partial charge in [-0.15, -0.1) is 0 Å². The molecule has 0 aliphatic carbocycles. The lowest BCUT2D eigenvalue weighted by molar-refractivity contribution is 0.477. The van der Waals surface area contributed by atoms with Crippen molar-refractivity contribution in [3.8, 4) is 5.75 Å². The second-order valence-corrected chi connectivity index (χ2v) is 3.29. The van der Waals surface area contributed by atoms with Crippen molar-refractivity contribution in [3.63, 3.8) is 0 Å². The summed E-state index contributed by atoms with van der Waals surface area (Å²) < 4.78 is 1.96.